The molecule has 1 amide bonds. The van der Waals surface area contributed by atoms with E-state index >= 15 is 0 Å². The van der Waals surface area contributed by atoms with Crippen molar-refractivity contribution in [3.05, 3.63) is 47.7 Å². The number of nitriles is 1. The zero-order valence-electron chi connectivity index (χ0n) is 24.8. The van der Waals surface area contributed by atoms with E-state index in [-0.39, 0.29) is 18.4 Å². The van der Waals surface area contributed by atoms with Crippen LogP contribution in [0.4, 0.5) is 11.5 Å². The highest BCUT2D eigenvalue weighted by molar-refractivity contribution is 5.87. The molecule has 1 aliphatic carbocycles. The summed E-state index contributed by atoms with van der Waals surface area (Å²) in [6.07, 6.45) is 7.62. The maximum atomic E-state index is 12.5. The number of amides is 1. The summed E-state index contributed by atoms with van der Waals surface area (Å²) >= 11 is 0. The first-order chi connectivity index (χ1) is 20.5. The standard InChI is InChI=1S/C32H41N7O3/c1-4-30(40)39-17-16-37(20-24(39)11-13-33)31-27-10-8-23(38-15-12-22-7-9-26(41-3)19-29(22)38)18-28(27)34-32(35-31)42-21-25-6-5-14-36(25)2/h4,7,9,19,23-25H,1,5-6,8,10-12,14-18,20-21H2,2-3H3/t23-,24+,25+/m1/s1. The normalized spacial score (nSPS) is 23.7. The van der Waals surface area contributed by atoms with Crippen molar-refractivity contribution in [2.24, 2.45) is 0 Å². The van der Waals surface area contributed by atoms with E-state index in [9.17, 15) is 10.1 Å². The van der Waals surface area contributed by atoms with Gasteiger partial charge in [0.25, 0.3) is 0 Å². The average Bonchev–Trinajstić information content (AvgIpc) is 3.64. The van der Waals surface area contributed by atoms with Crippen LogP contribution in [-0.2, 0) is 24.1 Å². The monoisotopic (exact) mass is 571 g/mol. The van der Waals surface area contributed by atoms with Crippen LogP contribution in [-0.4, -0.2) is 97.3 Å². The topological polar surface area (TPSA) is 98.1 Å². The Hall–Kier alpha value is -3.84. The number of rotatable bonds is 8. The van der Waals surface area contributed by atoms with Crippen molar-refractivity contribution in [2.45, 2.75) is 63.1 Å². The number of piperazine rings is 1. The molecule has 0 bridgehead atoms. The second-order valence-electron chi connectivity index (χ2n) is 11.9. The number of likely N-dealkylation sites (N-methyl/N-ethyl adjacent to an activating group) is 1. The number of aromatic nitrogens is 2. The Balaban J connectivity index is 1.29. The summed E-state index contributed by atoms with van der Waals surface area (Å²) in [5.74, 6) is 1.65. The van der Waals surface area contributed by atoms with Gasteiger partial charge in [-0.15, -0.1) is 0 Å². The molecule has 42 heavy (non-hydrogen) atoms. The second kappa shape index (κ2) is 12.2. The fraction of sp³-hybridized carbons (Fsp3) is 0.562. The number of carbonyl (C=O) groups excluding carboxylic acids is 1. The van der Waals surface area contributed by atoms with E-state index in [4.69, 9.17) is 19.4 Å². The lowest BCUT2D eigenvalue weighted by Gasteiger charge is -2.42. The molecule has 2 saturated heterocycles. The van der Waals surface area contributed by atoms with Gasteiger partial charge in [-0.25, -0.2) is 0 Å². The Morgan fingerprint density at radius 3 is 2.81 bits per heavy atom. The molecule has 2 fully saturated rings. The third-order valence-corrected chi connectivity index (χ3v) is 9.51. The second-order valence-corrected chi connectivity index (χ2v) is 11.9. The van der Waals surface area contributed by atoms with Gasteiger partial charge in [0.15, 0.2) is 0 Å². The molecule has 3 aliphatic heterocycles. The first-order valence-electron chi connectivity index (χ1n) is 15.2. The van der Waals surface area contributed by atoms with Gasteiger partial charge in [-0.2, -0.15) is 15.2 Å². The number of ether oxygens (including phenoxy) is 2. The third-order valence-electron chi connectivity index (χ3n) is 9.51. The van der Waals surface area contributed by atoms with E-state index in [2.05, 4.69) is 46.5 Å². The summed E-state index contributed by atoms with van der Waals surface area (Å²) in [7, 11) is 3.86. The molecule has 0 saturated carbocycles. The number of benzene rings is 1. The van der Waals surface area contributed by atoms with E-state index in [1.807, 2.05) is 6.07 Å². The fourth-order valence-electron chi connectivity index (χ4n) is 7.13. The molecule has 222 valence electrons. The van der Waals surface area contributed by atoms with E-state index in [1.54, 1.807) is 12.0 Å². The minimum atomic E-state index is -0.219. The smallest absolute Gasteiger partial charge is 0.318 e. The molecule has 4 heterocycles. The molecule has 0 spiro atoms. The molecule has 3 atom stereocenters. The van der Waals surface area contributed by atoms with Crippen LogP contribution < -0.4 is 19.3 Å². The first kappa shape index (κ1) is 28.3. The Labute approximate surface area is 248 Å². The Morgan fingerprint density at radius 2 is 2.05 bits per heavy atom. The van der Waals surface area contributed by atoms with Crippen LogP contribution in [0.25, 0.3) is 0 Å². The molecule has 10 nitrogen and oxygen atoms in total. The van der Waals surface area contributed by atoms with Gasteiger partial charge in [-0.1, -0.05) is 12.6 Å². The minimum absolute atomic E-state index is 0.130. The summed E-state index contributed by atoms with van der Waals surface area (Å²) in [5.41, 5.74) is 4.84. The predicted molar refractivity (Wildman–Crippen MR) is 161 cm³/mol. The largest absolute Gasteiger partial charge is 0.497 e. The maximum absolute atomic E-state index is 12.5. The molecule has 10 heteroatoms. The van der Waals surface area contributed by atoms with Crippen molar-refractivity contribution in [1.82, 2.24) is 19.8 Å². The molecule has 1 aromatic carbocycles. The molecule has 4 aliphatic rings. The molecule has 1 aromatic heterocycles. The summed E-state index contributed by atoms with van der Waals surface area (Å²) < 4.78 is 11.8. The van der Waals surface area contributed by atoms with Crippen molar-refractivity contribution in [1.29, 1.82) is 5.26 Å². The van der Waals surface area contributed by atoms with Crippen molar-refractivity contribution in [3.63, 3.8) is 0 Å². The highest BCUT2D eigenvalue weighted by Crippen LogP contribution is 2.38. The van der Waals surface area contributed by atoms with Crippen LogP contribution in [0.1, 0.15) is 42.5 Å². The van der Waals surface area contributed by atoms with Crippen molar-refractivity contribution in [3.8, 4) is 17.8 Å². The van der Waals surface area contributed by atoms with Gasteiger partial charge in [0, 0.05) is 62.0 Å². The van der Waals surface area contributed by atoms with Crippen LogP contribution in [0.15, 0.2) is 30.9 Å². The fourth-order valence-corrected chi connectivity index (χ4v) is 7.13. The van der Waals surface area contributed by atoms with Crippen molar-refractivity contribution in [2.75, 3.05) is 63.3 Å². The molecule has 0 radical (unpaired) electrons. The number of hydrogen-bond donors (Lipinski definition) is 0. The highest BCUT2D eigenvalue weighted by Gasteiger charge is 2.36. The molecule has 2 aromatic rings. The predicted octanol–water partition coefficient (Wildman–Crippen LogP) is 3.00. The number of anilines is 2. The van der Waals surface area contributed by atoms with Gasteiger partial charge in [0.2, 0.25) is 5.91 Å². The zero-order chi connectivity index (χ0) is 29.2. The van der Waals surface area contributed by atoms with Gasteiger partial charge in [-0.05, 0) is 63.4 Å². The van der Waals surface area contributed by atoms with Crippen molar-refractivity contribution < 1.29 is 14.3 Å². The highest BCUT2D eigenvalue weighted by atomic mass is 16.5. The van der Waals surface area contributed by atoms with Gasteiger partial charge in [0.05, 0.1) is 31.3 Å². The molecular weight excluding hydrogens is 530 g/mol. The summed E-state index contributed by atoms with van der Waals surface area (Å²) in [6.45, 7) is 8.01. The number of methoxy groups -OCH3 is 1. The molecule has 0 N–H and O–H groups in total. The number of likely N-dealkylation sites (tertiary alicyclic amines) is 1. The maximum Gasteiger partial charge on any atom is 0.318 e. The van der Waals surface area contributed by atoms with E-state index < -0.39 is 0 Å². The lowest BCUT2D eigenvalue weighted by Crippen LogP contribution is -2.55. The van der Waals surface area contributed by atoms with E-state index in [0.29, 0.717) is 44.3 Å². The lowest BCUT2D eigenvalue weighted by atomic mass is 9.90. The van der Waals surface area contributed by atoms with Gasteiger partial charge >= 0.3 is 6.01 Å². The third kappa shape index (κ3) is 5.50. The lowest BCUT2D eigenvalue weighted by molar-refractivity contribution is -0.128. The van der Waals surface area contributed by atoms with Gasteiger partial charge in [0.1, 0.15) is 18.2 Å². The Morgan fingerprint density at radius 1 is 1.17 bits per heavy atom. The van der Waals surface area contributed by atoms with Crippen LogP contribution in [0.5, 0.6) is 11.8 Å². The quantitative estimate of drug-likeness (QED) is 0.443. The Bertz CT molecular complexity index is 1370. The SMILES string of the molecule is C=CC(=O)N1CCN(c2nc(OC[C@@H]3CCCN3C)nc3c2CC[C@@H](N2CCc4ccc(OC)cc42)C3)C[C@@H]1CC#N. The van der Waals surface area contributed by atoms with Crippen molar-refractivity contribution >= 4 is 17.4 Å². The number of fused-ring (bicyclic) bond motifs is 2. The van der Waals surface area contributed by atoms with Crippen LogP contribution in [0.2, 0.25) is 0 Å². The van der Waals surface area contributed by atoms with Crippen LogP contribution in [0, 0.1) is 11.3 Å². The number of carbonyl (C=O) groups is 1. The van der Waals surface area contributed by atoms with E-state index in [1.165, 1.54) is 29.3 Å². The van der Waals surface area contributed by atoms with Crippen LogP contribution >= 0.6 is 0 Å². The Kier molecular flexibility index (Phi) is 8.20. The molecule has 6 rings (SSSR count). The summed E-state index contributed by atoms with van der Waals surface area (Å²) in [5, 5.41) is 9.52. The zero-order valence-corrected chi connectivity index (χ0v) is 24.8. The molecule has 0 unspecified atom stereocenters. The minimum Gasteiger partial charge on any atom is -0.497 e. The van der Waals surface area contributed by atoms with Gasteiger partial charge < -0.3 is 29.1 Å². The van der Waals surface area contributed by atoms with Crippen LogP contribution in [0.3, 0.4) is 0 Å². The number of nitrogens with zero attached hydrogens (tertiary/aromatic N) is 7. The summed E-state index contributed by atoms with van der Waals surface area (Å²) in [6, 6.07) is 9.57. The van der Waals surface area contributed by atoms with Gasteiger partial charge in [-0.3, -0.25) is 4.79 Å². The number of hydrogen-bond acceptors (Lipinski definition) is 9. The molecular formula is C32H41N7O3. The average molecular weight is 572 g/mol. The van der Waals surface area contributed by atoms with E-state index in [0.717, 1.165) is 62.5 Å². The summed E-state index contributed by atoms with van der Waals surface area (Å²) in [4.78, 5) is 31.4. The first-order valence-corrected chi connectivity index (χ1v) is 15.2.